The van der Waals surface area contributed by atoms with Gasteiger partial charge in [-0.25, -0.2) is 4.98 Å². The predicted molar refractivity (Wildman–Crippen MR) is 70.1 cm³/mol. The highest BCUT2D eigenvalue weighted by molar-refractivity contribution is 7.11. The number of thiazole rings is 1. The second-order valence-corrected chi connectivity index (χ2v) is 6.14. The van der Waals surface area contributed by atoms with Crippen molar-refractivity contribution in [3.8, 4) is 0 Å². The van der Waals surface area contributed by atoms with Crippen molar-refractivity contribution in [2.45, 2.75) is 65.0 Å². The zero-order valence-corrected chi connectivity index (χ0v) is 11.4. The number of hydrogen-bond donors (Lipinski definition) is 1. The van der Waals surface area contributed by atoms with Gasteiger partial charge in [0.25, 0.3) is 0 Å². The Morgan fingerprint density at radius 3 is 2.75 bits per heavy atom. The molecule has 1 heterocycles. The number of hydrogen-bond acceptors (Lipinski definition) is 3. The van der Waals surface area contributed by atoms with E-state index in [9.17, 15) is 0 Å². The van der Waals surface area contributed by atoms with Gasteiger partial charge in [0.1, 0.15) is 0 Å². The maximum absolute atomic E-state index is 4.82. The lowest BCUT2D eigenvalue weighted by Crippen LogP contribution is -2.21. The maximum atomic E-state index is 4.82. The molecule has 0 bridgehead atoms. The molecular weight excluding hydrogens is 216 g/mol. The summed E-state index contributed by atoms with van der Waals surface area (Å²) >= 11 is 1.92. The van der Waals surface area contributed by atoms with Crippen molar-refractivity contribution in [1.29, 1.82) is 0 Å². The van der Waals surface area contributed by atoms with Gasteiger partial charge in [0, 0.05) is 23.4 Å². The first-order chi connectivity index (χ1) is 7.70. The molecule has 0 amide bonds. The summed E-state index contributed by atoms with van der Waals surface area (Å²) in [6, 6.07) is 0.559. The van der Waals surface area contributed by atoms with E-state index in [1.54, 1.807) is 0 Å². The lowest BCUT2D eigenvalue weighted by atomic mass is 10.2. The van der Waals surface area contributed by atoms with E-state index < -0.39 is 0 Å². The summed E-state index contributed by atoms with van der Waals surface area (Å²) in [7, 11) is 0. The normalized spacial score (nSPS) is 16.0. The van der Waals surface area contributed by atoms with Crippen LogP contribution < -0.4 is 5.32 Å². The summed E-state index contributed by atoms with van der Waals surface area (Å²) in [5.41, 5.74) is 1.40. The average Bonchev–Trinajstić information content (AvgIpc) is 2.99. The second-order valence-electron chi connectivity index (χ2n) is 4.98. The summed E-state index contributed by atoms with van der Waals surface area (Å²) in [4.78, 5) is 6.30. The van der Waals surface area contributed by atoms with Crippen LogP contribution in [0.2, 0.25) is 0 Å². The van der Waals surface area contributed by atoms with Gasteiger partial charge < -0.3 is 5.32 Å². The van der Waals surface area contributed by atoms with Gasteiger partial charge in [0.05, 0.1) is 10.7 Å². The lowest BCUT2D eigenvalue weighted by Gasteiger charge is -2.07. The Labute approximate surface area is 102 Å². The highest BCUT2D eigenvalue weighted by Crippen LogP contribution is 2.42. The van der Waals surface area contributed by atoms with Gasteiger partial charge in [-0.2, -0.15) is 0 Å². The highest BCUT2D eigenvalue weighted by Gasteiger charge is 2.29. The minimum atomic E-state index is 0.559. The largest absolute Gasteiger partial charge is 0.310 e. The minimum absolute atomic E-state index is 0.559. The molecule has 3 heteroatoms. The van der Waals surface area contributed by atoms with Crippen LogP contribution in [0.4, 0.5) is 0 Å². The van der Waals surface area contributed by atoms with Crippen LogP contribution in [0.25, 0.3) is 0 Å². The Morgan fingerprint density at radius 2 is 2.19 bits per heavy atom. The van der Waals surface area contributed by atoms with Crippen molar-refractivity contribution in [2.75, 3.05) is 0 Å². The molecule has 16 heavy (non-hydrogen) atoms. The molecular formula is C13H22N2S. The van der Waals surface area contributed by atoms with Crippen molar-refractivity contribution in [3.63, 3.8) is 0 Å². The smallest absolute Gasteiger partial charge is 0.0931 e. The zero-order valence-electron chi connectivity index (χ0n) is 10.5. The Bertz CT molecular complexity index is 340. The fraction of sp³-hybridized carbons (Fsp3) is 0.769. The second kappa shape index (κ2) is 5.28. The van der Waals surface area contributed by atoms with Gasteiger partial charge in [-0.1, -0.05) is 20.8 Å². The lowest BCUT2D eigenvalue weighted by molar-refractivity contribution is 0.590. The van der Waals surface area contributed by atoms with E-state index in [0.717, 1.165) is 18.9 Å². The third kappa shape index (κ3) is 3.05. The topological polar surface area (TPSA) is 24.9 Å². The van der Waals surface area contributed by atoms with Crippen molar-refractivity contribution >= 4 is 11.3 Å². The van der Waals surface area contributed by atoms with Crippen LogP contribution in [0.15, 0.2) is 0 Å². The first kappa shape index (κ1) is 12.1. The molecule has 90 valence electrons. The zero-order chi connectivity index (χ0) is 11.5. The molecule has 1 aromatic heterocycles. The highest BCUT2D eigenvalue weighted by atomic mass is 32.1. The molecule has 0 spiro atoms. The average molecular weight is 238 g/mol. The van der Waals surface area contributed by atoms with Crippen molar-refractivity contribution in [3.05, 3.63) is 15.6 Å². The molecule has 1 saturated carbocycles. The van der Waals surface area contributed by atoms with Crippen molar-refractivity contribution < 1.29 is 0 Å². The summed E-state index contributed by atoms with van der Waals surface area (Å²) in [5.74, 6) is 0.783. The molecule has 0 aliphatic heterocycles. The fourth-order valence-corrected chi connectivity index (χ4v) is 3.04. The van der Waals surface area contributed by atoms with Gasteiger partial charge in [-0.3, -0.25) is 0 Å². The molecule has 1 fully saturated rings. The van der Waals surface area contributed by atoms with Crippen LogP contribution in [-0.2, 0) is 13.0 Å². The molecule has 1 aliphatic carbocycles. The number of nitrogens with one attached hydrogen (secondary N) is 1. The molecule has 0 atom stereocenters. The molecule has 0 unspecified atom stereocenters. The van der Waals surface area contributed by atoms with E-state index in [4.69, 9.17) is 4.98 Å². The van der Waals surface area contributed by atoms with Crippen LogP contribution in [0.5, 0.6) is 0 Å². The third-order valence-electron chi connectivity index (χ3n) is 2.87. The van der Waals surface area contributed by atoms with Crippen LogP contribution in [-0.4, -0.2) is 11.0 Å². The van der Waals surface area contributed by atoms with Gasteiger partial charge in [-0.15, -0.1) is 11.3 Å². The van der Waals surface area contributed by atoms with Crippen molar-refractivity contribution in [2.24, 2.45) is 0 Å². The summed E-state index contributed by atoms with van der Waals surface area (Å²) in [6.45, 7) is 7.63. The Hall–Kier alpha value is -0.410. The fourth-order valence-electron chi connectivity index (χ4n) is 1.83. The van der Waals surface area contributed by atoms with Crippen LogP contribution >= 0.6 is 11.3 Å². The van der Waals surface area contributed by atoms with E-state index >= 15 is 0 Å². The SMILES string of the molecule is CCCc1nc(C2CC2)c(CNC(C)C)s1. The first-order valence-corrected chi connectivity index (χ1v) is 7.24. The maximum Gasteiger partial charge on any atom is 0.0931 e. The molecule has 1 N–H and O–H groups in total. The van der Waals surface area contributed by atoms with E-state index in [1.165, 1.54) is 34.8 Å². The van der Waals surface area contributed by atoms with Crippen molar-refractivity contribution in [1.82, 2.24) is 10.3 Å². The van der Waals surface area contributed by atoms with Crippen LogP contribution in [0, 0.1) is 0 Å². The Balaban J connectivity index is 2.07. The van der Waals surface area contributed by atoms with Gasteiger partial charge in [-0.05, 0) is 25.7 Å². The van der Waals surface area contributed by atoms with Gasteiger partial charge >= 0.3 is 0 Å². The van der Waals surface area contributed by atoms with E-state index in [2.05, 4.69) is 26.1 Å². The Kier molecular flexibility index (Phi) is 3.98. The number of nitrogens with zero attached hydrogens (tertiary/aromatic N) is 1. The quantitative estimate of drug-likeness (QED) is 0.821. The number of aromatic nitrogens is 1. The Morgan fingerprint density at radius 1 is 1.44 bits per heavy atom. The minimum Gasteiger partial charge on any atom is -0.310 e. The van der Waals surface area contributed by atoms with E-state index in [-0.39, 0.29) is 0 Å². The van der Waals surface area contributed by atoms with E-state index in [0.29, 0.717) is 6.04 Å². The monoisotopic (exact) mass is 238 g/mol. The molecule has 0 radical (unpaired) electrons. The van der Waals surface area contributed by atoms with E-state index in [1.807, 2.05) is 11.3 Å². The first-order valence-electron chi connectivity index (χ1n) is 6.42. The van der Waals surface area contributed by atoms with Crippen LogP contribution in [0.3, 0.4) is 0 Å². The third-order valence-corrected chi connectivity index (χ3v) is 4.00. The van der Waals surface area contributed by atoms with Crippen LogP contribution in [0.1, 0.15) is 61.5 Å². The van der Waals surface area contributed by atoms with Gasteiger partial charge in [0.15, 0.2) is 0 Å². The predicted octanol–water partition coefficient (Wildman–Crippen LogP) is 3.47. The molecule has 2 nitrogen and oxygen atoms in total. The summed E-state index contributed by atoms with van der Waals surface area (Å²) in [6.07, 6.45) is 5.05. The molecule has 2 rings (SSSR count). The number of rotatable bonds is 6. The summed E-state index contributed by atoms with van der Waals surface area (Å²) in [5, 5.41) is 4.85. The molecule has 1 aromatic rings. The molecule has 0 aromatic carbocycles. The molecule has 0 saturated heterocycles. The summed E-state index contributed by atoms with van der Waals surface area (Å²) < 4.78 is 0. The molecule has 1 aliphatic rings. The number of aryl methyl sites for hydroxylation is 1. The van der Waals surface area contributed by atoms with Gasteiger partial charge in [0.2, 0.25) is 0 Å². The standard InChI is InChI=1S/C13H22N2S/c1-4-5-12-15-13(10-6-7-10)11(16-12)8-14-9(2)3/h9-10,14H,4-8H2,1-3H3.